The van der Waals surface area contributed by atoms with E-state index in [1.165, 1.54) is 54.5 Å². The molecule has 276 valence electrons. The van der Waals surface area contributed by atoms with Crippen molar-refractivity contribution >= 4 is 82.4 Å². The summed E-state index contributed by atoms with van der Waals surface area (Å²) in [5.74, 6) is 0. The fourth-order valence-corrected chi connectivity index (χ4v) is 9.26. The zero-order chi connectivity index (χ0) is 38.9. The Bertz CT molecular complexity index is 3480. The normalized spacial score (nSPS) is 11.7. The number of furan rings is 1. The van der Waals surface area contributed by atoms with Gasteiger partial charge in [-0.1, -0.05) is 152 Å². The molecule has 59 heavy (non-hydrogen) atoms. The van der Waals surface area contributed by atoms with Crippen LogP contribution in [0, 0.1) is 0 Å². The maximum atomic E-state index is 6.25. The second-order valence-corrected chi connectivity index (χ2v) is 15.3. The van der Waals surface area contributed by atoms with E-state index in [0.717, 1.165) is 55.8 Å². The number of hydrogen-bond acceptors (Lipinski definition) is 2. The van der Waals surface area contributed by atoms with E-state index in [1.54, 1.807) is 0 Å². The molecule has 0 fully saturated rings. The lowest BCUT2D eigenvalue weighted by Gasteiger charge is -2.28. The van der Waals surface area contributed by atoms with E-state index in [-0.39, 0.29) is 0 Å². The van der Waals surface area contributed by atoms with E-state index in [2.05, 4.69) is 216 Å². The Morgan fingerprint density at radius 2 is 0.864 bits per heavy atom. The van der Waals surface area contributed by atoms with Gasteiger partial charge < -0.3 is 13.9 Å². The van der Waals surface area contributed by atoms with Crippen LogP contribution >= 0.6 is 0 Å². The molecule has 0 saturated carbocycles. The first-order valence-electron chi connectivity index (χ1n) is 20.2. The molecule has 0 unspecified atom stereocenters. The molecule has 0 N–H and O–H groups in total. The van der Waals surface area contributed by atoms with Gasteiger partial charge >= 0.3 is 0 Å². The van der Waals surface area contributed by atoms with Crippen molar-refractivity contribution in [3.05, 3.63) is 218 Å². The minimum atomic E-state index is 0.901. The number of fused-ring (bicyclic) bond motifs is 9. The zero-order valence-corrected chi connectivity index (χ0v) is 32.1. The van der Waals surface area contributed by atoms with E-state index >= 15 is 0 Å². The van der Waals surface area contributed by atoms with Crippen molar-refractivity contribution in [3.8, 4) is 27.9 Å². The first-order chi connectivity index (χ1) is 29.3. The van der Waals surface area contributed by atoms with Gasteiger partial charge in [-0.2, -0.15) is 0 Å². The highest BCUT2D eigenvalue weighted by molar-refractivity contribution is 6.15. The number of para-hydroxylation sites is 3. The summed E-state index contributed by atoms with van der Waals surface area (Å²) in [5, 5.41) is 9.72. The molecule has 0 spiro atoms. The lowest BCUT2D eigenvalue weighted by molar-refractivity contribution is 0.669. The lowest BCUT2D eigenvalue weighted by atomic mass is 9.97. The van der Waals surface area contributed by atoms with Crippen molar-refractivity contribution in [2.45, 2.75) is 0 Å². The van der Waals surface area contributed by atoms with Crippen molar-refractivity contribution < 1.29 is 4.42 Å². The quantitative estimate of drug-likeness (QED) is 0.158. The van der Waals surface area contributed by atoms with Gasteiger partial charge in [-0.25, -0.2) is 0 Å². The van der Waals surface area contributed by atoms with Gasteiger partial charge in [-0.15, -0.1) is 0 Å². The van der Waals surface area contributed by atoms with Gasteiger partial charge in [0.1, 0.15) is 11.2 Å². The molecule has 10 aromatic carbocycles. The largest absolute Gasteiger partial charge is 0.456 e. The fourth-order valence-electron chi connectivity index (χ4n) is 9.26. The van der Waals surface area contributed by atoms with Crippen LogP contribution in [0.2, 0.25) is 0 Å². The first kappa shape index (κ1) is 33.3. The number of benzene rings is 10. The van der Waals surface area contributed by atoms with Crippen LogP contribution < -0.4 is 4.90 Å². The van der Waals surface area contributed by atoms with E-state index in [0.29, 0.717) is 0 Å². The molecule has 2 heterocycles. The van der Waals surface area contributed by atoms with Gasteiger partial charge in [0.25, 0.3) is 0 Å². The van der Waals surface area contributed by atoms with Crippen LogP contribution in [0.15, 0.2) is 223 Å². The highest BCUT2D eigenvalue weighted by Gasteiger charge is 2.19. The van der Waals surface area contributed by atoms with Gasteiger partial charge in [0, 0.05) is 44.0 Å². The predicted octanol–water partition coefficient (Wildman–Crippen LogP) is 15.8. The molecule has 12 aromatic rings. The summed E-state index contributed by atoms with van der Waals surface area (Å²) >= 11 is 0. The monoisotopic (exact) mass is 752 g/mol. The summed E-state index contributed by atoms with van der Waals surface area (Å²) in [6.07, 6.45) is 0. The molecule has 0 radical (unpaired) electrons. The molecule has 2 aromatic heterocycles. The predicted molar refractivity (Wildman–Crippen MR) is 249 cm³/mol. The number of aromatic nitrogens is 1. The average molecular weight is 753 g/mol. The second kappa shape index (κ2) is 13.4. The van der Waals surface area contributed by atoms with E-state index in [9.17, 15) is 0 Å². The summed E-state index contributed by atoms with van der Waals surface area (Å²) < 4.78 is 8.62. The van der Waals surface area contributed by atoms with Crippen LogP contribution in [0.5, 0.6) is 0 Å². The zero-order valence-electron chi connectivity index (χ0n) is 32.1. The number of hydrogen-bond donors (Lipinski definition) is 0. The molecule has 3 nitrogen and oxygen atoms in total. The Hall–Kier alpha value is -7.88. The standard InChI is InChI=1S/C56H36N2O/c1-2-13-44-40(12-1)36-53(47-15-4-3-14-46(44)47)57(42-34-28-39(29-35-42)45-19-11-23-55-56(45)50-18-7-10-22-54(50)59-55)41-30-24-37(25-31-41)38-26-32-43(33-27-38)58-51-20-8-5-16-48(51)49-17-6-9-21-52(49)58/h1-36H. The minimum Gasteiger partial charge on any atom is -0.456 e. The van der Waals surface area contributed by atoms with Crippen molar-refractivity contribution in [3.63, 3.8) is 0 Å². The first-order valence-corrected chi connectivity index (χ1v) is 20.2. The van der Waals surface area contributed by atoms with Crippen molar-refractivity contribution in [1.29, 1.82) is 0 Å². The van der Waals surface area contributed by atoms with E-state index < -0.39 is 0 Å². The summed E-state index contributed by atoms with van der Waals surface area (Å²) in [6.45, 7) is 0. The van der Waals surface area contributed by atoms with Crippen LogP contribution in [0.4, 0.5) is 17.1 Å². The molecular formula is C56H36N2O. The summed E-state index contributed by atoms with van der Waals surface area (Å²) in [7, 11) is 0. The van der Waals surface area contributed by atoms with E-state index in [4.69, 9.17) is 4.42 Å². The molecule has 0 bridgehead atoms. The number of rotatable bonds is 6. The van der Waals surface area contributed by atoms with E-state index in [1.807, 2.05) is 12.1 Å². The second-order valence-electron chi connectivity index (χ2n) is 15.3. The third-order valence-electron chi connectivity index (χ3n) is 12.0. The Balaban J connectivity index is 0.962. The maximum Gasteiger partial charge on any atom is 0.136 e. The Kier molecular flexibility index (Phi) is 7.54. The fraction of sp³-hybridized carbons (Fsp3) is 0. The van der Waals surface area contributed by atoms with Crippen molar-refractivity contribution in [2.24, 2.45) is 0 Å². The Labute approximate surface area is 341 Å². The summed E-state index contributed by atoms with van der Waals surface area (Å²) in [5.41, 5.74) is 13.4. The van der Waals surface area contributed by atoms with Crippen LogP contribution in [-0.4, -0.2) is 4.57 Å². The molecule has 0 atom stereocenters. The smallest absolute Gasteiger partial charge is 0.136 e. The Morgan fingerprint density at radius 3 is 1.54 bits per heavy atom. The number of anilines is 3. The molecule has 0 aliphatic heterocycles. The molecule has 0 aliphatic carbocycles. The SMILES string of the molecule is c1ccc2c(c1)cc(N(c1ccc(-c3ccc(-n4c5ccccc5c5ccccc54)cc3)cc1)c1ccc(-c3cccc4oc5ccccc5c34)cc1)c1ccccc12. The molecular weight excluding hydrogens is 717 g/mol. The third-order valence-corrected chi connectivity index (χ3v) is 12.0. The number of nitrogens with zero attached hydrogens (tertiary/aromatic N) is 2. The summed E-state index contributed by atoms with van der Waals surface area (Å²) in [6, 6.07) is 78.7. The van der Waals surface area contributed by atoms with Gasteiger partial charge in [0.15, 0.2) is 0 Å². The van der Waals surface area contributed by atoms with Gasteiger partial charge in [0.05, 0.1) is 16.7 Å². The van der Waals surface area contributed by atoms with Gasteiger partial charge in [-0.05, 0) is 105 Å². The molecule has 0 amide bonds. The maximum absolute atomic E-state index is 6.25. The lowest BCUT2D eigenvalue weighted by Crippen LogP contribution is -2.10. The van der Waals surface area contributed by atoms with Crippen molar-refractivity contribution in [1.82, 2.24) is 4.57 Å². The highest BCUT2D eigenvalue weighted by Crippen LogP contribution is 2.44. The van der Waals surface area contributed by atoms with Crippen LogP contribution in [0.3, 0.4) is 0 Å². The molecule has 0 aliphatic rings. The molecule has 0 saturated heterocycles. The van der Waals surface area contributed by atoms with Crippen LogP contribution in [-0.2, 0) is 0 Å². The average Bonchev–Trinajstić information content (AvgIpc) is 3.86. The summed E-state index contributed by atoms with van der Waals surface area (Å²) in [4.78, 5) is 2.40. The molecule has 12 rings (SSSR count). The van der Waals surface area contributed by atoms with Crippen LogP contribution in [0.1, 0.15) is 0 Å². The van der Waals surface area contributed by atoms with Gasteiger partial charge in [-0.3, -0.25) is 0 Å². The molecule has 3 heteroatoms. The topological polar surface area (TPSA) is 21.3 Å². The van der Waals surface area contributed by atoms with Crippen molar-refractivity contribution in [2.75, 3.05) is 4.90 Å². The van der Waals surface area contributed by atoms with Gasteiger partial charge in [0.2, 0.25) is 0 Å². The minimum absolute atomic E-state index is 0.901. The third kappa shape index (κ3) is 5.36. The van der Waals surface area contributed by atoms with Crippen LogP contribution in [0.25, 0.3) is 93.2 Å². The highest BCUT2D eigenvalue weighted by atomic mass is 16.3. The Morgan fingerprint density at radius 1 is 0.356 bits per heavy atom.